The van der Waals surface area contributed by atoms with Crippen molar-refractivity contribution >= 4 is 40.7 Å². The van der Waals surface area contributed by atoms with E-state index in [9.17, 15) is 14.4 Å². The summed E-state index contributed by atoms with van der Waals surface area (Å²) < 4.78 is 5.24. The van der Waals surface area contributed by atoms with Gasteiger partial charge >= 0.3 is 0 Å². The number of allylic oxidation sites excluding steroid dienone is 2. The predicted molar refractivity (Wildman–Crippen MR) is 115 cm³/mol. The molecule has 0 unspecified atom stereocenters. The van der Waals surface area contributed by atoms with Crippen LogP contribution < -0.4 is 15.0 Å². The molecule has 1 heterocycles. The second-order valence-electron chi connectivity index (χ2n) is 7.51. The first-order valence-electron chi connectivity index (χ1n) is 9.70. The molecule has 0 radical (unpaired) electrons. The molecule has 2 aliphatic rings. The highest BCUT2D eigenvalue weighted by Gasteiger charge is 2.50. The Morgan fingerprint density at radius 1 is 1.13 bits per heavy atom. The number of carbonyl (C=O) groups is 3. The normalized spacial score (nSPS) is 22.8. The lowest BCUT2D eigenvalue weighted by atomic mass is 9.78. The topological polar surface area (TPSA) is 75.7 Å². The van der Waals surface area contributed by atoms with E-state index in [1.807, 2.05) is 19.1 Å². The fraction of sp³-hybridized carbons (Fsp3) is 0.261. The van der Waals surface area contributed by atoms with Crippen LogP contribution in [-0.4, -0.2) is 24.8 Å². The van der Waals surface area contributed by atoms with Crippen LogP contribution in [0.25, 0.3) is 0 Å². The van der Waals surface area contributed by atoms with Crippen molar-refractivity contribution in [2.24, 2.45) is 17.8 Å². The number of nitrogens with one attached hydrogen (secondary N) is 1. The Bertz CT molecular complexity index is 1050. The number of halogens is 1. The number of amides is 3. The van der Waals surface area contributed by atoms with E-state index >= 15 is 0 Å². The molecule has 30 heavy (non-hydrogen) atoms. The number of anilines is 2. The number of nitrogens with zero attached hydrogens (tertiary/aromatic N) is 1. The second-order valence-corrected chi connectivity index (χ2v) is 7.95. The minimum absolute atomic E-state index is 0.0305. The summed E-state index contributed by atoms with van der Waals surface area (Å²) in [5.41, 5.74) is 1.31. The van der Waals surface area contributed by atoms with Crippen LogP contribution in [0.5, 0.6) is 5.75 Å². The number of fused-ring (bicyclic) bond motifs is 1. The summed E-state index contributed by atoms with van der Waals surface area (Å²) in [4.78, 5) is 39.6. The quantitative estimate of drug-likeness (QED) is 0.586. The minimum atomic E-state index is -0.354. The van der Waals surface area contributed by atoms with Gasteiger partial charge in [-0.3, -0.25) is 19.3 Å². The summed E-state index contributed by atoms with van der Waals surface area (Å²) in [5.74, 6) is -0.820. The monoisotopic (exact) mass is 424 g/mol. The van der Waals surface area contributed by atoms with Gasteiger partial charge in [0.25, 0.3) is 5.91 Å². The van der Waals surface area contributed by atoms with Gasteiger partial charge in [-0.05, 0) is 54.8 Å². The molecule has 0 aromatic heterocycles. The van der Waals surface area contributed by atoms with Gasteiger partial charge < -0.3 is 10.1 Å². The first-order valence-corrected chi connectivity index (χ1v) is 10.1. The molecule has 1 aliphatic heterocycles. The van der Waals surface area contributed by atoms with Gasteiger partial charge in [-0.15, -0.1) is 0 Å². The van der Waals surface area contributed by atoms with Gasteiger partial charge in [0.15, 0.2) is 0 Å². The van der Waals surface area contributed by atoms with Gasteiger partial charge in [0.1, 0.15) is 5.75 Å². The van der Waals surface area contributed by atoms with E-state index in [0.29, 0.717) is 34.1 Å². The number of methoxy groups -OCH3 is 1. The number of ether oxygens (including phenoxy) is 1. The van der Waals surface area contributed by atoms with Crippen LogP contribution in [0.2, 0.25) is 5.02 Å². The van der Waals surface area contributed by atoms with Crippen molar-refractivity contribution in [1.29, 1.82) is 0 Å². The molecule has 3 amide bonds. The summed E-state index contributed by atoms with van der Waals surface area (Å²) in [7, 11) is 1.51. The Labute approximate surface area is 179 Å². The van der Waals surface area contributed by atoms with Crippen LogP contribution in [-0.2, 0) is 9.59 Å². The summed E-state index contributed by atoms with van der Waals surface area (Å²) in [6.07, 6.45) is 4.55. The summed E-state index contributed by atoms with van der Waals surface area (Å²) in [6, 6.07) is 11.4. The number of rotatable bonds is 4. The molecular weight excluding hydrogens is 404 g/mol. The van der Waals surface area contributed by atoms with E-state index in [-0.39, 0.29) is 35.5 Å². The number of carbonyl (C=O) groups excluding carboxylic acids is 3. The lowest BCUT2D eigenvalue weighted by Crippen LogP contribution is -2.31. The molecule has 0 spiro atoms. The number of hydrogen-bond acceptors (Lipinski definition) is 4. The SMILES string of the molecule is COc1ccc(Cl)cc1NC(=O)c1ccc(N2C(=O)[C@H]3[C@@H](C)C=CC[C@H]3C2=O)cc1. The third kappa shape index (κ3) is 3.48. The van der Waals surface area contributed by atoms with E-state index in [0.717, 1.165) is 0 Å². The highest BCUT2D eigenvalue weighted by molar-refractivity contribution is 6.31. The summed E-state index contributed by atoms with van der Waals surface area (Å²) >= 11 is 6.01. The molecule has 2 aromatic carbocycles. The minimum Gasteiger partial charge on any atom is -0.495 e. The molecular formula is C23H21ClN2O4. The molecule has 154 valence electrons. The average molecular weight is 425 g/mol. The molecule has 3 atom stereocenters. The van der Waals surface area contributed by atoms with Crippen molar-refractivity contribution in [3.05, 3.63) is 65.2 Å². The van der Waals surface area contributed by atoms with Crippen molar-refractivity contribution in [3.8, 4) is 5.75 Å². The molecule has 0 bridgehead atoms. The van der Waals surface area contributed by atoms with Gasteiger partial charge in [0.2, 0.25) is 11.8 Å². The smallest absolute Gasteiger partial charge is 0.255 e. The molecule has 1 aliphatic carbocycles. The van der Waals surface area contributed by atoms with E-state index in [1.165, 1.54) is 12.0 Å². The zero-order valence-electron chi connectivity index (χ0n) is 16.6. The fourth-order valence-corrected chi connectivity index (χ4v) is 4.31. The lowest BCUT2D eigenvalue weighted by Gasteiger charge is -2.22. The van der Waals surface area contributed by atoms with Crippen molar-refractivity contribution < 1.29 is 19.1 Å². The van der Waals surface area contributed by atoms with Crippen LogP contribution in [0.15, 0.2) is 54.6 Å². The van der Waals surface area contributed by atoms with Crippen molar-refractivity contribution in [2.45, 2.75) is 13.3 Å². The van der Waals surface area contributed by atoms with E-state index in [1.54, 1.807) is 42.5 Å². The van der Waals surface area contributed by atoms with Gasteiger partial charge in [0, 0.05) is 10.6 Å². The molecule has 1 saturated heterocycles. The molecule has 0 saturated carbocycles. The fourth-order valence-electron chi connectivity index (χ4n) is 4.14. The van der Waals surface area contributed by atoms with E-state index in [4.69, 9.17) is 16.3 Å². The average Bonchev–Trinajstić information content (AvgIpc) is 2.99. The third-order valence-corrected chi connectivity index (χ3v) is 5.91. The first kappa shape index (κ1) is 20.2. The standard InChI is InChI=1S/C23H21ClN2O4/c1-13-4-3-5-17-20(13)23(29)26(22(17)28)16-9-6-14(7-10-16)21(27)25-18-12-15(24)8-11-19(18)30-2/h3-4,6-13,17,20H,5H2,1-2H3,(H,25,27)/t13-,17+,20-/m0/s1. The summed E-state index contributed by atoms with van der Waals surface area (Å²) in [5, 5.41) is 3.24. The van der Waals surface area contributed by atoms with Crippen LogP contribution >= 0.6 is 11.6 Å². The maximum atomic E-state index is 12.9. The first-order chi connectivity index (χ1) is 14.4. The van der Waals surface area contributed by atoms with E-state index < -0.39 is 0 Å². The zero-order valence-corrected chi connectivity index (χ0v) is 17.3. The summed E-state index contributed by atoms with van der Waals surface area (Å²) in [6.45, 7) is 1.96. The Morgan fingerprint density at radius 3 is 2.53 bits per heavy atom. The molecule has 7 heteroatoms. The molecule has 1 N–H and O–H groups in total. The maximum absolute atomic E-state index is 12.9. The Hall–Kier alpha value is -3.12. The lowest BCUT2D eigenvalue weighted by molar-refractivity contribution is -0.122. The Morgan fingerprint density at radius 2 is 1.87 bits per heavy atom. The van der Waals surface area contributed by atoms with Crippen molar-refractivity contribution in [1.82, 2.24) is 0 Å². The molecule has 1 fully saturated rings. The molecule has 6 nitrogen and oxygen atoms in total. The third-order valence-electron chi connectivity index (χ3n) is 5.67. The largest absolute Gasteiger partial charge is 0.495 e. The predicted octanol–water partition coefficient (Wildman–Crippen LogP) is 4.30. The maximum Gasteiger partial charge on any atom is 0.255 e. The number of imide groups is 1. The number of hydrogen-bond donors (Lipinski definition) is 1. The second kappa shape index (κ2) is 7.95. The van der Waals surface area contributed by atoms with Gasteiger partial charge in [-0.1, -0.05) is 30.7 Å². The number of benzene rings is 2. The van der Waals surface area contributed by atoms with Crippen molar-refractivity contribution in [2.75, 3.05) is 17.3 Å². The van der Waals surface area contributed by atoms with Crippen LogP contribution in [0, 0.1) is 17.8 Å². The van der Waals surface area contributed by atoms with E-state index in [2.05, 4.69) is 5.32 Å². The highest BCUT2D eigenvalue weighted by Crippen LogP contribution is 2.40. The molecule has 4 rings (SSSR count). The molecule has 2 aromatic rings. The van der Waals surface area contributed by atoms with Gasteiger partial charge in [-0.2, -0.15) is 0 Å². The van der Waals surface area contributed by atoms with Crippen LogP contribution in [0.3, 0.4) is 0 Å². The van der Waals surface area contributed by atoms with Crippen LogP contribution in [0.1, 0.15) is 23.7 Å². The Kier molecular flexibility index (Phi) is 5.35. The highest BCUT2D eigenvalue weighted by atomic mass is 35.5. The zero-order chi connectivity index (χ0) is 21.4. The van der Waals surface area contributed by atoms with Crippen LogP contribution in [0.4, 0.5) is 11.4 Å². The Balaban J connectivity index is 1.54. The van der Waals surface area contributed by atoms with Gasteiger partial charge in [-0.25, -0.2) is 0 Å². The van der Waals surface area contributed by atoms with Crippen molar-refractivity contribution in [3.63, 3.8) is 0 Å². The van der Waals surface area contributed by atoms with Gasteiger partial charge in [0.05, 0.1) is 30.3 Å².